The van der Waals surface area contributed by atoms with Gasteiger partial charge in [0.1, 0.15) is 0 Å². The van der Waals surface area contributed by atoms with Gasteiger partial charge < -0.3 is 4.90 Å². The van der Waals surface area contributed by atoms with Gasteiger partial charge in [0.15, 0.2) is 0 Å². The summed E-state index contributed by atoms with van der Waals surface area (Å²) in [5.41, 5.74) is 2.67. The van der Waals surface area contributed by atoms with E-state index in [0.29, 0.717) is 42.9 Å². The van der Waals surface area contributed by atoms with Crippen molar-refractivity contribution in [3.63, 3.8) is 0 Å². The van der Waals surface area contributed by atoms with E-state index >= 15 is 0 Å². The van der Waals surface area contributed by atoms with Gasteiger partial charge in [-0.05, 0) is 47.9 Å². The lowest BCUT2D eigenvalue weighted by atomic mass is 10.1. The summed E-state index contributed by atoms with van der Waals surface area (Å²) in [6.07, 6.45) is 0.566. The molecule has 0 radical (unpaired) electrons. The molecule has 0 atom stereocenters. The molecule has 174 valence electrons. The van der Waals surface area contributed by atoms with Gasteiger partial charge in [-0.1, -0.05) is 37.7 Å². The lowest BCUT2D eigenvalue weighted by Crippen LogP contribution is -2.31. The number of sulfonamides is 1. The molecule has 2 aliphatic heterocycles. The quantitative estimate of drug-likeness (QED) is 0.596. The minimum atomic E-state index is -3.57. The lowest BCUT2D eigenvalue weighted by molar-refractivity contribution is -0.125. The highest BCUT2D eigenvalue weighted by atomic mass is 32.2. The second kappa shape index (κ2) is 9.28. The van der Waals surface area contributed by atoms with Gasteiger partial charge in [-0.2, -0.15) is 4.31 Å². The number of amides is 3. The third-order valence-corrected chi connectivity index (χ3v) is 8.79. The fourth-order valence-corrected chi connectivity index (χ4v) is 6.37. The molecule has 33 heavy (non-hydrogen) atoms. The Labute approximate surface area is 197 Å². The average molecular weight is 488 g/mol. The molecule has 0 aromatic heterocycles. The Morgan fingerprint density at radius 3 is 2.52 bits per heavy atom. The van der Waals surface area contributed by atoms with Crippen molar-refractivity contribution in [2.45, 2.75) is 31.7 Å². The molecule has 4 rings (SSSR count). The highest BCUT2D eigenvalue weighted by molar-refractivity contribution is 8.14. The SMILES string of the molecule is CCN(CC)S(=O)(=O)c1ccc2c(c1)CCN2C(=O)c1cccc(CN2C(=O)CSC2=O)c1. The van der Waals surface area contributed by atoms with Gasteiger partial charge in [0.05, 0.1) is 17.2 Å². The number of carbonyl (C=O) groups is 3. The number of benzene rings is 2. The normalized spacial score (nSPS) is 16.1. The summed E-state index contributed by atoms with van der Waals surface area (Å²) in [5, 5.41) is -0.277. The molecule has 1 fully saturated rings. The maximum atomic E-state index is 13.3. The first-order valence-corrected chi connectivity index (χ1v) is 13.2. The number of hydrogen-bond acceptors (Lipinski definition) is 6. The Kier molecular flexibility index (Phi) is 6.60. The number of hydrogen-bond donors (Lipinski definition) is 0. The van der Waals surface area contributed by atoms with Gasteiger partial charge in [0.25, 0.3) is 11.1 Å². The van der Waals surface area contributed by atoms with Gasteiger partial charge >= 0.3 is 0 Å². The van der Waals surface area contributed by atoms with Crippen molar-refractivity contribution in [3.8, 4) is 0 Å². The van der Waals surface area contributed by atoms with Gasteiger partial charge in [0, 0.05) is 30.9 Å². The van der Waals surface area contributed by atoms with E-state index < -0.39 is 10.0 Å². The van der Waals surface area contributed by atoms with Crippen molar-refractivity contribution >= 4 is 44.5 Å². The van der Waals surface area contributed by atoms with Gasteiger partial charge in [0.2, 0.25) is 15.9 Å². The minimum absolute atomic E-state index is 0.134. The monoisotopic (exact) mass is 487 g/mol. The van der Waals surface area contributed by atoms with Crippen molar-refractivity contribution in [2.75, 3.05) is 30.3 Å². The molecule has 0 saturated carbocycles. The molecular weight excluding hydrogens is 462 g/mol. The van der Waals surface area contributed by atoms with Crippen LogP contribution in [-0.2, 0) is 27.8 Å². The first-order valence-electron chi connectivity index (χ1n) is 10.8. The zero-order valence-electron chi connectivity index (χ0n) is 18.5. The molecule has 2 aromatic carbocycles. The van der Waals surface area contributed by atoms with Crippen molar-refractivity contribution in [1.29, 1.82) is 0 Å². The van der Waals surface area contributed by atoms with Gasteiger partial charge in [-0.3, -0.25) is 19.3 Å². The van der Waals surface area contributed by atoms with Crippen LogP contribution in [0.5, 0.6) is 0 Å². The van der Waals surface area contributed by atoms with E-state index in [1.807, 2.05) is 0 Å². The Balaban J connectivity index is 1.56. The smallest absolute Gasteiger partial charge is 0.289 e. The van der Waals surface area contributed by atoms with E-state index in [-0.39, 0.29) is 34.2 Å². The van der Waals surface area contributed by atoms with Crippen LogP contribution in [0.1, 0.15) is 35.3 Å². The molecule has 2 heterocycles. The maximum absolute atomic E-state index is 13.3. The van der Waals surface area contributed by atoms with Crippen LogP contribution in [0.4, 0.5) is 10.5 Å². The predicted octanol–water partition coefficient (Wildman–Crippen LogP) is 3.12. The summed E-state index contributed by atoms with van der Waals surface area (Å²) in [4.78, 5) is 40.1. The molecule has 3 amide bonds. The van der Waals surface area contributed by atoms with Crippen molar-refractivity contribution in [3.05, 3.63) is 59.2 Å². The predicted molar refractivity (Wildman–Crippen MR) is 127 cm³/mol. The summed E-state index contributed by atoms with van der Waals surface area (Å²) >= 11 is 0.980. The zero-order valence-corrected chi connectivity index (χ0v) is 20.1. The topological polar surface area (TPSA) is 95.1 Å². The fraction of sp³-hybridized carbons (Fsp3) is 0.348. The number of nitrogens with zero attached hydrogens (tertiary/aromatic N) is 3. The summed E-state index contributed by atoms with van der Waals surface area (Å²) in [7, 11) is -3.57. The van der Waals surface area contributed by atoms with E-state index in [0.717, 1.165) is 17.3 Å². The summed E-state index contributed by atoms with van der Waals surface area (Å²) in [5.74, 6) is -0.289. The Hall–Kier alpha value is -2.69. The standard InChI is InChI=1S/C23H25N3O5S2/c1-3-24(4-2)33(30,31)19-8-9-20-17(13-19)10-11-25(20)22(28)18-7-5-6-16(12-18)14-26-21(27)15-32-23(26)29/h5-9,12-13H,3-4,10-11,14-15H2,1-2H3. The molecule has 2 aliphatic rings. The molecule has 0 aliphatic carbocycles. The molecule has 1 saturated heterocycles. The number of fused-ring (bicyclic) bond motifs is 1. The van der Waals surface area contributed by atoms with Crippen LogP contribution in [0.15, 0.2) is 47.4 Å². The Bertz CT molecular complexity index is 1210. The average Bonchev–Trinajstić information content (AvgIpc) is 3.37. The number of rotatable bonds is 7. The van der Waals surface area contributed by atoms with Crippen LogP contribution in [0.3, 0.4) is 0 Å². The minimum Gasteiger partial charge on any atom is -0.308 e. The van der Waals surface area contributed by atoms with Crippen LogP contribution < -0.4 is 4.90 Å². The molecule has 2 aromatic rings. The number of imide groups is 1. The van der Waals surface area contributed by atoms with Crippen molar-refractivity contribution < 1.29 is 22.8 Å². The first-order chi connectivity index (χ1) is 15.8. The molecule has 10 heteroatoms. The highest BCUT2D eigenvalue weighted by Crippen LogP contribution is 2.32. The molecule has 0 N–H and O–H groups in total. The van der Waals surface area contributed by atoms with Gasteiger partial charge in [-0.15, -0.1) is 0 Å². The van der Waals surface area contributed by atoms with Gasteiger partial charge in [-0.25, -0.2) is 8.42 Å². The van der Waals surface area contributed by atoms with E-state index in [1.165, 1.54) is 9.21 Å². The summed E-state index contributed by atoms with van der Waals surface area (Å²) in [6, 6.07) is 11.8. The van der Waals surface area contributed by atoms with Crippen LogP contribution in [0, 0.1) is 0 Å². The molecule has 0 unspecified atom stereocenters. The zero-order chi connectivity index (χ0) is 23.8. The molecular formula is C23H25N3O5S2. The first kappa shape index (κ1) is 23.5. The largest absolute Gasteiger partial charge is 0.308 e. The molecule has 0 bridgehead atoms. The maximum Gasteiger partial charge on any atom is 0.289 e. The van der Waals surface area contributed by atoms with Crippen molar-refractivity contribution in [2.24, 2.45) is 0 Å². The third kappa shape index (κ3) is 4.42. The summed E-state index contributed by atoms with van der Waals surface area (Å²) in [6.45, 7) is 4.98. The van der Waals surface area contributed by atoms with Crippen LogP contribution in [0.2, 0.25) is 0 Å². The fourth-order valence-electron chi connectivity index (χ4n) is 4.14. The van der Waals surface area contributed by atoms with Crippen LogP contribution in [-0.4, -0.2) is 60.1 Å². The van der Waals surface area contributed by atoms with Crippen LogP contribution >= 0.6 is 11.8 Å². The third-order valence-electron chi connectivity index (χ3n) is 5.89. The van der Waals surface area contributed by atoms with Crippen molar-refractivity contribution in [1.82, 2.24) is 9.21 Å². The number of thioether (sulfide) groups is 1. The van der Waals surface area contributed by atoms with Crippen LogP contribution in [0.25, 0.3) is 0 Å². The van der Waals surface area contributed by atoms with E-state index in [4.69, 9.17) is 0 Å². The Morgan fingerprint density at radius 1 is 1.09 bits per heavy atom. The second-order valence-electron chi connectivity index (χ2n) is 7.82. The lowest BCUT2D eigenvalue weighted by Gasteiger charge is -2.20. The molecule has 8 nitrogen and oxygen atoms in total. The number of carbonyl (C=O) groups excluding carboxylic acids is 3. The number of anilines is 1. The summed E-state index contributed by atoms with van der Waals surface area (Å²) < 4.78 is 27.1. The van der Waals surface area contributed by atoms with E-state index in [1.54, 1.807) is 61.2 Å². The van der Waals surface area contributed by atoms with E-state index in [9.17, 15) is 22.8 Å². The Morgan fingerprint density at radius 2 is 1.85 bits per heavy atom. The second-order valence-corrected chi connectivity index (χ2v) is 10.7. The molecule has 0 spiro atoms. The van der Waals surface area contributed by atoms with E-state index in [2.05, 4.69) is 0 Å². The highest BCUT2D eigenvalue weighted by Gasteiger charge is 2.31.